The predicted molar refractivity (Wildman–Crippen MR) is 111 cm³/mol. The zero-order valence-corrected chi connectivity index (χ0v) is 17.5. The number of nitrogens with one attached hydrogen (secondary N) is 1. The van der Waals surface area contributed by atoms with E-state index >= 15 is 0 Å². The summed E-state index contributed by atoms with van der Waals surface area (Å²) in [6.07, 6.45) is 0. The van der Waals surface area contributed by atoms with E-state index in [-0.39, 0.29) is 4.90 Å². The normalized spacial score (nSPS) is 15.9. The molecule has 0 amide bonds. The summed E-state index contributed by atoms with van der Waals surface area (Å²) in [5.74, 6) is 0. The van der Waals surface area contributed by atoms with Crippen LogP contribution in [0.3, 0.4) is 0 Å². The maximum atomic E-state index is 12.4. The van der Waals surface area contributed by atoms with Gasteiger partial charge in [-0.25, -0.2) is 13.1 Å². The largest absolute Gasteiger partial charge is 0.369 e. The predicted octanol–water partition coefficient (Wildman–Crippen LogP) is 3.40. The second kappa shape index (κ2) is 8.80. The number of hydrogen-bond donors (Lipinski definition) is 1. The van der Waals surface area contributed by atoms with Crippen molar-refractivity contribution in [3.8, 4) is 0 Å². The molecule has 0 aromatic heterocycles. The van der Waals surface area contributed by atoms with E-state index < -0.39 is 10.0 Å². The van der Waals surface area contributed by atoms with Crippen LogP contribution < -0.4 is 9.62 Å². The Balaban J connectivity index is 1.49. The first-order valence-corrected chi connectivity index (χ1v) is 11.1. The van der Waals surface area contributed by atoms with Crippen LogP contribution in [0.2, 0.25) is 10.0 Å². The highest BCUT2D eigenvalue weighted by Gasteiger charge is 2.19. The molecule has 27 heavy (non-hydrogen) atoms. The summed E-state index contributed by atoms with van der Waals surface area (Å²) in [5, 5.41) is 0.602. The van der Waals surface area contributed by atoms with Crippen molar-refractivity contribution in [3.05, 3.63) is 58.1 Å². The highest BCUT2D eigenvalue weighted by molar-refractivity contribution is 7.89. The minimum absolute atomic E-state index is 0.0873. The minimum atomic E-state index is -3.62. The Labute approximate surface area is 170 Å². The van der Waals surface area contributed by atoms with E-state index in [4.69, 9.17) is 23.2 Å². The average Bonchev–Trinajstić information content (AvgIpc) is 2.61. The van der Waals surface area contributed by atoms with Gasteiger partial charge >= 0.3 is 0 Å². The third kappa shape index (κ3) is 5.59. The number of rotatable bonds is 6. The molecule has 0 aliphatic carbocycles. The highest BCUT2D eigenvalue weighted by Crippen LogP contribution is 2.22. The van der Waals surface area contributed by atoms with E-state index in [2.05, 4.69) is 45.7 Å². The molecule has 1 saturated heterocycles. The summed E-state index contributed by atoms with van der Waals surface area (Å²) >= 11 is 11.8. The fourth-order valence-electron chi connectivity index (χ4n) is 3.16. The highest BCUT2D eigenvalue weighted by atomic mass is 35.5. The standard InChI is InChI=1S/C19H23Cl2N3O2S/c1-15-3-2-4-18(11-15)24-9-7-23(8-10-24)6-5-22-27(25,26)19-13-16(20)12-17(21)14-19/h2-4,11-14,22H,5-10H2,1H3. The number of hydrogen-bond acceptors (Lipinski definition) is 4. The molecule has 0 saturated carbocycles. The topological polar surface area (TPSA) is 52.6 Å². The first-order valence-electron chi connectivity index (χ1n) is 8.83. The van der Waals surface area contributed by atoms with Crippen molar-refractivity contribution in [2.75, 3.05) is 44.2 Å². The van der Waals surface area contributed by atoms with E-state index in [1.807, 2.05) is 0 Å². The van der Waals surface area contributed by atoms with Gasteiger partial charge in [0, 0.05) is 55.0 Å². The summed E-state index contributed by atoms with van der Waals surface area (Å²) in [6, 6.07) is 12.8. The smallest absolute Gasteiger partial charge is 0.240 e. The van der Waals surface area contributed by atoms with Gasteiger partial charge in [-0.05, 0) is 42.8 Å². The monoisotopic (exact) mass is 427 g/mol. The fraction of sp³-hybridized carbons (Fsp3) is 0.368. The lowest BCUT2D eigenvalue weighted by molar-refractivity contribution is 0.262. The third-order valence-electron chi connectivity index (χ3n) is 4.61. The van der Waals surface area contributed by atoms with Crippen LogP contribution in [0, 0.1) is 6.92 Å². The Kier molecular flexibility index (Phi) is 6.65. The van der Waals surface area contributed by atoms with Crippen molar-refractivity contribution in [1.82, 2.24) is 9.62 Å². The molecule has 8 heteroatoms. The lowest BCUT2D eigenvalue weighted by atomic mass is 10.2. The van der Waals surface area contributed by atoms with Crippen LogP contribution in [0.5, 0.6) is 0 Å². The lowest BCUT2D eigenvalue weighted by Gasteiger charge is -2.36. The quantitative estimate of drug-likeness (QED) is 0.767. The van der Waals surface area contributed by atoms with Gasteiger partial charge in [-0.3, -0.25) is 4.90 Å². The zero-order chi connectivity index (χ0) is 19.4. The number of nitrogens with zero attached hydrogens (tertiary/aromatic N) is 2. The zero-order valence-electron chi connectivity index (χ0n) is 15.2. The summed E-state index contributed by atoms with van der Waals surface area (Å²) in [6.45, 7) is 6.77. The molecular formula is C19H23Cl2N3O2S. The molecule has 1 N–H and O–H groups in total. The van der Waals surface area contributed by atoms with Gasteiger partial charge in [0.15, 0.2) is 0 Å². The maximum absolute atomic E-state index is 12.4. The minimum Gasteiger partial charge on any atom is -0.369 e. The molecule has 0 spiro atoms. The Morgan fingerprint density at radius 2 is 1.67 bits per heavy atom. The van der Waals surface area contributed by atoms with Gasteiger partial charge in [-0.1, -0.05) is 35.3 Å². The second-order valence-electron chi connectivity index (χ2n) is 6.67. The maximum Gasteiger partial charge on any atom is 0.240 e. The lowest BCUT2D eigenvalue weighted by Crippen LogP contribution is -2.48. The molecule has 2 aromatic carbocycles. The average molecular weight is 428 g/mol. The molecule has 1 aliphatic heterocycles. The van der Waals surface area contributed by atoms with E-state index in [0.717, 1.165) is 26.2 Å². The van der Waals surface area contributed by atoms with Crippen LogP contribution in [0.25, 0.3) is 0 Å². The molecular weight excluding hydrogens is 405 g/mol. The van der Waals surface area contributed by atoms with Gasteiger partial charge < -0.3 is 4.90 Å². The molecule has 1 aliphatic rings. The van der Waals surface area contributed by atoms with Crippen LogP contribution in [0.4, 0.5) is 5.69 Å². The van der Waals surface area contributed by atoms with Crippen LogP contribution in [-0.4, -0.2) is 52.6 Å². The van der Waals surface area contributed by atoms with Gasteiger partial charge in [0.25, 0.3) is 0 Å². The third-order valence-corrected chi connectivity index (χ3v) is 6.48. The fourth-order valence-corrected chi connectivity index (χ4v) is 4.91. The van der Waals surface area contributed by atoms with E-state index in [0.29, 0.717) is 23.1 Å². The Bertz CT molecular complexity index is 877. The van der Waals surface area contributed by atoms with Crippen molar-refractivity contribution in [2.24, 2.45) is 0 Å². The number of anilines is 1. The molecule has 1 fully saturated rings. The van der Waals surface area contributed by atoms with E-state index in [1.54, 1.807) is 0 Å². The van der Waals surface area contributed by atoms with E-state index in [9.17, 15) is 8.42 Å². The number of aryl methyl sites for hydroxylation is 1. The van der Waals surface area contributed by atoms with Crippen molar-refractivity contribution in [1.29, 1.82) is 0 Å². The van der Waals surface area contributed by atoms with Crippen LogP contribution in [-0.2, 0) is 10.0 Å². The molecule has 0 atom stereocenters. The van der Waals surface area contributed by atoms with Crippen molar-refractivity contribution < 1.29 is 8.42 Å². The Morgan fingerprint density at radius 1 is 1.00 bits per heavy atom. The summed E-state index contributed by atoms with van der Waals surface area (Å²) in [7, 11) is -3.62. The molecule has 0 radical (unpaired) electrons. The second-order valence-corrected chi connectivity index (χ2v) is 9.31. The van der Waals surface area contributed by atoms with Crippen molar-refractivity contribution in [3.63, 3.8) is 0 Å². The SMILES string of the molecule is Cc1cccc(N2CCN(CCNS(=O)(=O)c3cc(Cl)cc(Cl)c3)CC2)c1. The van der Waals surface area contributed by atoms with E-state index in [1.165, 1.54) is 29.4 Å². The number of piperazine rings is 1. The van der Waals surface area contributed by atoms with Gasteiger partial charge in [-0.15, -0.1) is 0 Å². The molecule has 1 heterocycles. The van der Waals surface area contributed by atoms with Crippen LogP contribution in [0.1, 0.15) is 5.56 Å². The number of benzene rings is 2. The van der Waals surface area contributed by atoms with Crippen LogP contribution in [0.15, 0.2) is 47.4 Å². The Hall–Kier alpha value is -1.31. The molecule has 3 rings (SSSR count). The number of halogens is 2. The van der Waals surface area contributed by atoms with Gasteiger partial charge in [0.05, 0.1) is 4.90 Å². The summed E-state index contributed by atoms with van der Waals surface area (Å²) < 4.78 is 27.4. The molecule has 5 nitrogen and oxygen atoms in total. The van der Waals surface area contributed by atoms with Gasteiger partial charge in [-0.2, -0.15) is 0 Å². The summed E-state index contributed by atoms with van der Waals surface area (Å²) in [5.41, 5.74) is 2.50. The molecule has 146 valence electrons. The van der Waals surface area contributed by atoms with Crippen molar-refractivity contribution >= 4 is 38.9 Å². The number of sulfonamides is 1. The molecule has 0 bridgehead atoms. The summed E-state index contributed by atoms with van der Waals surface area (Å²) in [4.78, 5) is 4.71. The van der Waals surface area contributed by atoms with Crippen molar-refractivity contribution in [2.45, 2.75) is 11.8 Å². The Morgan fingerprint density at radius 3 is 2.30 bits per heavy atom. The van der Waals surface area contributed by atoms with Gasteiger partial charge in [0.1, 0.15) is 0 Å². The van der Waals surface area contributed by atoms with Crippen LogP contribution >= 0.6 is 23.2 Å². The first kappa shape index (κ1) is 20.4. The first-order chi connectivity index (χ1) is 12.8. The van der Waals surface area contributed by atoms with Gasteiger partial charge in [0.2, 0.25) is 10.0 Å². The molecule has 0 unspecified atom stereocenters. The molecule has 2 aromatic rings.